The fraction of sp³-hybridized carbons (Fsp3) is 0.818. The Kier molecular flexibility index (Phi) is 7.49. The Bertz CT molecular complexity index is 246. The van der Waals surface area contributed by atoms with E-state index in [1.54, 1.807) is 0 Å². The maximum Gasteiger partial charge on any atom is 0.329 e. The van der Waals surface area contributed by atoms with Crippen LogP contribution >= 0.6 is 0 Å². The van der Waals surface area contributed by atoms with Crippen LogP contribution in [-0.4, -0.2) is 61.8 Å². The predicted octanol–water partition coefficient (Wildman–Crippen LogP) is -0.210. The molecule has 0 aliphatic rings. The molecule has 0 bridgehead atoms. The first-order chi connectivity index (χ1) is 7.84. The van der Waals surface area contributed by atoms with Crippen molar-refractivity contribution in [3.63, 3.8) is 0 Å². The van der Waals surface area contributed by atoms with Crippen LogP contribution in [0.3, 0.4) is 0 Å². The number of nitrogens with one attached hydrogen (secondary N) is 1. The number of rotatable bonds is 8. The van der Waals surface area contributed by atoms with Gasteiger partial charge in [0.15, 0.2) is 0 Å². The van der Waals surface area contributed by atoms with Gasteiger partial charge >= 0.3 is 5.97 Å². The van der Waals surface area contributed by atoms with Crippen LogP contribution in [0.1, 0.15) is 13.8 Å². The number of carbonyl (C=O) groups is 2. The number of amides is 1. The van der Waals surface area contributed by atoms with Gasteiger partial charge in [0.1, 0.15) is 13.2 Å². The van der Waals surface area contributed by atoms with E-state index in [1.165, 1.54) is 0 Å². The fourth-order valence-electron chi connectivity index (χ4n) is 1.52. The Labute approximate surface area is 102 Å². The van der Waals surface area contributed by atoms with E-state index < -0.39 is 12.6 Å². The summed E-state index contributed by atoms with van der Waals surface area (Å²) in [7, 11) is 3.91. The predicted molar refractivity (Wildman–Crippen MR) is 63.8 cm³/mol. The molecule has 6 heteroatoms. The van der Waals surface area contributed by atoms with Gasteiger partial charge in [-0.3, -0.25) is 4.79 Å². The van der Waals surface area contributed by atoms with E-state index >= 15 is 0 Å². The highest BCUT2D eigenvalue weighted by Gasteiger charge is 2.16. The molecular formula is C11H22N2O4. The van der Waals surface area contributed by atoms with Crippen molar-refractivity contribution >= 4 is 11.9 Å². The molecule has 0 aromatic heterocycles. The summed E-state index contributed by atoms with van der Waals surface area (Å²) in [6.45, 7) is 4.02. The minimum Gasteiger partial charge on any atom is -0.480 e. The van der Waals surface area contributed by atoms with Gasteiger partial charge in [0.25, 0.3) is 0 Å². The topological polar surface area (TPSA) is 78.9 Å². The van der Waals surface area contributed by atoms with Crippen LogP contribution in [-0.2, 0) is 14.3 Å². The van der Waals surface area contributed by atoms with Crippen LogP contribution in [0.2, 0.25) is 0 Å². The molecule has 17 heavy (non-hydrogen) atoms. The SMILES string of the molecule is CC(C)C(CNC(=O)COCC(=O)O)N(C)C. The van der Waals surface area contributed by atoms with E-state index in [0.717, 1.165) is 0 Å². The third kappa shape index (κ3) is 7.70. The summed E-state index contributed by atoms with van der Waals surface area (Å²) in [6.07, 6.45) is 0. The molecule has 2 N–H and O–H groups in total. The van der Waals surface area contributed by atoms with E-state index in [2.05, 4.69) is 23.9 Å². The second-order valence-electron chi connectivity index (χ2n) is 4.47. The minimum absolute atomic E-state index is 0.218. The summed E-state index contributed by atoms with van der Waals surface area (Å²) in [5.74, 6) is -0.949. The average Bonchev–Trinajstić information content (AvgIpc) is 2.15. The van der Waals surface area contributed by atoms with Crippen LogP contribution in [0.15, 0.2) is 0 Å². The molecule has 0 rings (SSSR count). The van der Waals surface area contributed by atoms with Gasteiger partial charge in [-0.15, -0.1) is 0 Å². The summed E-state index contributed by atoms with van der Waals surface area (Å²) in [4.78, 5) is 23.5. The summed E-state index contributed by atoms with van der Waals surface area (Å²) >= 11 is 0. The van der Waals surface area contributed by atoms with Crippen molar-refractivity contribution in [3.8, 4) is 0 Å². The number of carboxylic acids is 1. The Balaban J connectivity index is 3.85. The normalized spacial score (nSPS) is 12.8. The Hall–Kier alpha value is -1.14. The van der Waals surface area contributed by atoms with Gasteiger partial charge in [0, 0.05) is 12.6 Å². The van der Waals surface area contributed by atoms with Gasteiger partial charge in [-0.2, -0.15) is 0 Å². The summed E-state index contributed by atoms with van der Waals surface area (Å²) in [5, 5.41) is 11.0. The highest BCUT2D eigenvalue weighted by molar-refractivity contribution is 5.77. The number of aliphatic carboxylic acids is 1. The lowest BCUT2D eigenvalue weighted by molar-refractivity contribution is -0.143. The molecule has 0 heterocycles. The van der Waals surface area contributed by atoms with Crippen molar-refractivity contribution < 1.29 is 19.4 Å². The largest absolute Gasteiger partial charge is 0.480 e. The molecule has 0 aromatic carbocycles. The number of carboxylic acid groups (broad SMARTS) is 1. The lowest BCUT2D eigenvalue weighted by Gasteiger charge is -2.28. The first-order valence-electron chi connectivity index (χ1n) is 5.57. The second kappa shape index (κ2) is 8.03. The molecule has 0 aliphatic heterocycles. The van der Waals surface area contributed by atoms with E-state index in [-0.39, 0.29) is 18.6 Å². The van der Waals surface area contributed by atoms with Gasteiger partial charge in [-0.25, -0.2) is 4.79 Å². The third-order valence-electron chi connectivity index (χ3n) is 2.40. The van der Waals surface area contributed by atoms with E-state index in [9.17, 15) is 9.59 Å². The van der Waals surface area contributed by atoms with Crippen molar-refractivity contribution in [2.45, 2.75) is 19.9 Å². The Morgan fingerprint density at radius 1 is 1.29 bits per heavy atom. The van der Waals surface area contributed by atoms with Crippen molar-refractivity contribution in [1.82, 2.24) is 10.2 Å². The Morgan fingerprint density at radius 2 is 1.88 bits per heavy atom. The molecule has 1 unspecified atom stereocenters. The maximum atomic E-state index is 11.3. The zero-order chi connectivity index (χ0) is 13.4. The maximum absolute atomic E-state index is 11.3. The van der Waals surface area contributed by atoms with Crippen LogP contribution in [0.5, 0.6) is 0 Å². The monoisotopic (exact) mass is 246 g/mol. The standard InChI is InChI=1S/C11H22N2O4/c1-8(2)9(13(3)4)5-12-10(14)6-17-7-11(15)16/h8-9H,5-7H2,1-4H3,(H,12,14)(H,15,16). The van der Waals surface area contributed by atoms with Gasteiger partial charge in [-0.05, 0) is 20.0 Å². The third-order valence-corrected chi connectivity index (χ3v) is 2.40. The van der Waals surface area contributed by atoms with Gasteiger partial charge < -0.3 is 20.1 Å². The quantitative estimate of drug-likeness (QED) is 0.619. The molecule has 0 radical (unpaired) electrons. The Morgan fingerprint density at radius 3 is 2.29 bits per heavy atom. The zero-order valence-electron chi connectivity index (χ0n) is 10.9. The first-order valence-corrected chi connectivity index (χ1v) is 5.57. The smallest absolute Gasteiger partial charge is 0.329 e. The number of nitrogens with zero attached hydrogens (tertiary/aromatic N) is 1. The molecule has 6 nitrogen and oxygen atoms in total. The number of likely N-dealkylation sites (N-methyl/N-ethyl adjacent to an activating group) is 1. The molecule has 0 fully saturated rings. The zero-order valence-corrected chi connectivity index (χ0v) is 10.9. The second-order valence-corrected chi connectivity index (χ2v) is 4.47. The molecule has 1 atom stereocenters. The molecule has 0 saturated carbocycles. The molecule has 100 valence electrons. The van der Waals surface area contributed by atoms with E-state index in [4.69, 9.17) is 5.11 Å². The van der Waals surface area contributed by atoms with Crippen LogP contribution in [0.4, 0.5) is 0 Å². The van der Waals surface area contributed by atoms with Gasteiger partial charge in [0.05, 0.1) is 0 Å². The number of hydrogen-bond acceptors (Lipinski definition) is 4. The molecular weight excluding hydrogens is 224 g/mol. The molecule has 0 spiro atoms. The number of hydrogen-bond donors (Lipinski definition) is 2. The highest BCUT2D eigenvalue weighted by atomic mass is 16.5. The average molecular weight is 246 g/mol. The summed E-state index contributed by atoms with van der Waals surface area (Å²) in [6, 6.07) is 0.249. The number of carbonyl (C=O) groups excluding carboxylic acids is 1. The molecule has 1 amide bonds. The summed E-state index contributed by atoms with van der Waals surface area (Å²) in [5.41, 5.74) is 0. The van der Waals surface area contributed by atoms with Crippen molar-refractivity contribution in [2.75, 3.05) is 33.9 Å². The van der Waals surface area contributed by atoms with Gasteiger partial charge in [-0.1, -0.05) is 13.8 Å². The minimum atomic E-state index is -1.08. The summed E-state index contributed by atoms with van der Waals surface area (Å²) < 4.78 is 4.68. The van der Waals surface area contributed by atoms with Crippen LogP contribution < -0.4 is 5.32 Å². The van der Waals surface area contributed by atoms with Crippen molar-refractivity contribution in [1.29, 1.82) is 0 Å². The van der Waals surface area contributed by atoms with Gasteiger partial charge in [0.2, 0.25) is 5.91 Å². The molecule has 0 saturated heterocycles. The van der Waals surface area contributed by atoms with E-state index in [1.807, 2.05) is 19.0 Å². The lowest BCUT2D eigenvalue weighted by Crippen LogP contribution is -2.44. The fourth-order valence-corrected chi connectivity index (χ4v) is 1.52. The lowest BCUT2D eigenvalue weighted by atomic mass is 10.0. The van der Waals surface area contributed by atoms with Crippen molar-refractivity contribution in [2.24, 2.45) is 5.92 Å². The van der Waals surface area contributed by atoms with Crippen molar-refractivity contribution in [3.05, 3.63) is 0 Å². The highest BCUT2D eigenvalue weighted by Crippen LogP contribution is 2.05. The first kappa shape index (κ1) is 15.9. The van der Waals surface area contributed by atoms with Crippen LogP contribution in [0, 0.1) is 5.92 Å². The molecule has 0 aliphatic carbocycles. The molecule has 0 aromatic rings. The van der Waals surface area contributed by atoms with E-state index in [0.29, 0.717) is 12.5 Å². The number of ether oxygens (including phenoxy) is 1. The van der Waals surface area contributed by atoms with Crippen LogP contribution in [0.25, 0.3) is 0 Å².